The van der Waals surface area contributed by atoms with Gasteiger partial charge in [-0.2, -0.15) is 0 Å². The molecule has 2 aliphatic heterocycles. The van der Waals surface area contributed by atoms with E-state index in [0.717, 1.165) is 24.5 Å². The Balaban J connectivity index is 1.32. The highest BCUT2D eigenvalue weighted by molar-refractivity contribution is 7.88. The highest BCUT2D eigenvalue weighted by Crippen LogP contribution is 2.46. The number of rotatable bonds is 14. The van der Waals surface area contributed by atoms with E-state index in [9.17, 15) is 42.8 Å². The molecule has 8 atom stereocenters. The number of nitrogens with zero attached hydrogens (tertiary/aromatic N) is 1. The molecule has 5 rings (SSSR count). The maximum atomic E-state index is 13.6. The lowest BCUT2D eigenvalue weighted by Crippen LogP contribution is -2.61. The Hall–Kier alpha value is -3.96. The van der Waals surface area contributed by atoms with Crippen molar-refractivity contribution in [1.82, 2.24) is 4.72 Å². The van der Waals surface area contributed by atoms with Crippen LogP contribution in [0.5, 0.6) is 5.75 Å². The molecular formula is C35H41FN2O11S. The summed E-state index contributed by atoms with van der Waals surface area (Å²) in [5, 5.41) is 41.7. The second-order valence-corrected chi connectivity index (χ2v) is 14.3. The third-order valence-corrected chi connectivity index (χ3v) is 9.65. The van der Waals surface area contributed by atoms with Crippen molar-refractivity contribution in [3.05, 3.63) is 95.3 Å². The van der Waals surface area contributed by atoms with E-state index in [2.05, 4.69) is 9.46 Å². The van der Waals surface area contributed by atoms with Gasteiger partial charge >= 0.3 is 5.97 Å². The van der Waals surface area contributed by atoms with Gasteiger partial charge < -0.3 is 39.5 Å². The Morgan fingerprint density at radius 3 is 2.26 bits per heavy atom. The lowest BCUT2D eigenvalue weighted by molar-refractivity contribution is -0.271. The standard InChI is InChI=1S/C35H41FN2O11S/c1-47-34(44)32-30(41)29(40)31(42)35(49-32)48-25-15-9-22(10-16-25)28-26(17-18-27(39)21-7-11-23(36)12-8-21)33(43)38(28)24-13-5-20(6-14-24)4-3-19-37-50(2,45)46/h5-16,26-32,35,37,39-42H,3-4,17-19H2,1-2H3/t26-,27+,28?,29+,30+,31-,32+,35-/m1/s1. The first-order valence-corrected chi connectivity index (χ1v) is 18.0. The fraction of sp³-hybridized carbons (Fsp3) is 0.429. The minimum atomic E-state index is -3.27. The Kier molecular flexibility index (Phi) is 11.9. The van der Waals surface area contributed by atoms with E-state index >= 15 is 0 Å². The molecule has 1 unspecified atom stereocenters. The van der Waals surface area contributed by atoms with E-state index in [0.29, 0.717) is 37.1 Å². The number of hydrogen-bond acceptors (Lipinski definition) is 11. The molecule has 50 heavy (non-hydrogen) atoms. The van der Waals surface area contributed by atoms with Crippen LogP contribution in [0.3, 0.4) is 0 Å². The first-order chi connectivity index (χ1) is 23.8. The number of amides is 1. The topological polar surface area (TPSA) is 192 Å². The first-order valence-electron chi connectivity index (χ1n) is 16.1. The zero-order valence-corrected chi connectivity index (χ0v) is 28.3. The summed E-state index contributed by atoms with van der Waals surface area (Å²) in [7, 11) is -2.18. The first kappa shape index (κ1) is 37.3. The highest BCUT2D eigenvalue weighted by atomic mass is 32.2. The van der Waals surface area contributed by atoms with Crippen LogP contribution in [0.1, 0.15) is 48.1 Å². The molecule has 2 fully saturated rings. The molecule has 15 heteroatoms. The summed E-state index contributed by atoms with van der Waals surface area (Å²) < 4.78 is 54.3. The fourth-order valence-electron chi connectivity index (χ4n) is 6.20. The van der Waals surface area contributed by atoms with Gasteiger partial charge in [-0.25, -0.2) is 22.3 Å². The van der Waals surface area contributed by atoms with Gasteiger partial charge in [0.05, 0.1) is 31.4 Å². The molecule has 0 bridgehead atoms. The fourth-order valence-corrected chi connectivity index (χ4v) is 6.71. The molecule has 2 saturated heterocycles. The van der Waals surface area contributed by atoms with Crippen molar-refractivity contribution in [3.8, 4) is 5.75 Å². The highest BCUT2D eigenvalue weighted by Gasteiger charge is 2.50. The van der Waals surface area contributed by atoms with Crippen molar-refractivity contribution < 1.29 is 57.0 Å². The molecule has 1 amide bonds. The van der Waals surface area contributed by atoms with Gasteiger partial charge in [-0.3, -0.25) is 4.79 Å². The van der Waals surface area contributed by atoms with Crippen LogP contribution < -0.4 is 14.4 Å². The van der Waals surface area contributed by atoms with E-state index in [1.54, 1.807) is 29.2 Å². The number of methoxy groups -OCH3 is 1. The molecule has 3 aromatic carbocycles. The minimum absolute atomic E-state index is 0.146. The lowest BCUT2D eigenvalue weighted by Gasteiger charge is -2.48. The van der Waals surface area contributed by atoms with Gasteiger partial charge in [-0.1, -0.05) is 36.4 Å². The van der Waals surface area contributed by atoms with Crippen molar-refractivity contribution in [2.24, 2.45) is 5.92 Å². The average molecular weight is 717 g/mol. The molecule has 0 spiro atoms. The number of hydrogen-bond donors (Lipinski definition) is 5. The molecule has 0 aliphatic carbocycles. The number of halogens is 1. The summed E-state index contributed by atoms with van der Waals surface area (Å²) in [5.74, 6) is -1.81. The van der Waals surface area contributed by atoms with Gasteiger partial charge in [0, 0.05) is 12.2 Å². The number of β-lactam (4-membered cyclic amide) rings is 1. The van der Waals surface area contributed by atoms with Gasteiger partial charge in [0.2, 0.25) is 22.2 Å². The number of carbonyl (C=O) groups is 2. The molecule has 2 aliphatic rings. The van der Waals surface area contributed by atoms with Gasteiger partial charge in [0.1, 0.15) is 29.9 Å². The van der Waals surface area contributed by atoms with E-state index in [1.807, 2.05) is 24.3 Å². The van der Waals surface area contributed by atoms with Crippen LogP contribution in [0.25, 0.3) is 0 Å². The third-order valence-electron chi connectivity index (χ3n) is 8.92. The Bertz CT molecular complexity index is 1720. The minimum Gasteiger partial charge on any atom is -0.467 e. The number of aliphatic hydroxyl groups is 4. The van der Waals surface area contributed by atoms with Crippen molar-refractivity contribution in [1.29, 1.82) is 0 Å². The number of ether oxygens (including phenoxy) is 3. The largest absolute Gasteiger partial charge is 0.467 e. The van der Waals surface area contributed by atoms with Crippen molar-refractivity contribution >= 4 is 27.6 Å². The second kappa shape index (κ2) is 15.9. The number of aliphatic hydroxyl groups excluding tert-OH is 4. The van der Waals surface area contributed by atoms with Gasteiger partial charge in [0.25, 0.3) is 0 Å². The van der Waals surface area contributed by atoms with Crippen LogP contribution in [0.15, 0.2) is 72.8 Å². The maximum absolute atomic E-state index is 13.6. The van der Waals surface area contributed by atoms with E-state index in [-0.39, 0.29) is 18.1 Å². The summed E-state index contributed by atoms with van der Waals surface area (Å²) >= 11 is 0. The molecule has 13 nitrogen and oxygen atoms in total. The Labute approximate surface area is 289 Å². The molecule has 3 aromatic rings. The van der Waals surface area contributed by atoms with E-state index in [1.165, 1.54) is 24.3 Å². The van der Waals surface area contributed by atoms with Crippen molar-refractivity contribution in [2.45, 2.75) is 68.5 Å². The average Bonchev–Trinajstić information content (AvgIpc) is 3.09. The van der Waals surface area contributed by atoms with Crippen LogP contribution >= 0.6 is 0 Å². The molecule has 5 N–H and O–H groups in total. The van der Waals surface area contributed by atoms with E-state index < -0.39 is 70.6 Å². The summed E-state index contributed by atoms with van der Waals surface area (Å²) in [6.07, 6.45) is -6.24. The molecule has 0 aromatic heterocycles. The van der Waals surface area contributed by atoms with Crippen LogP contribution in [-0.2, 0) is 35.5 Å². The lowest BCUT2D eigenvalue weighted by atomic mass is 9.78. The molecule has 270 valence electrons. The smallest absolute Gasteiger partial charge is 0.337 e. The molecule has 0 saturated carbocycles. The molecule has 2 heterocycles. The number of carbonyl (C=O) groups excluding carboxylic acids is 2. The van der Waals surface area contributed by atoms with Gasteiger partial charge in [-0.05, 0) is 78.8 Å². The van der Waals surface area contributed by atoms with Crippen molar-refractivity contribution in [2.75, 3.05) is 24.8 Å². The maximum Gasteiger partial charge on any atom is 0.337 e. The third kappa shape index (κ3) is 8.66. The van der Waals surface area contributed by atoms with Crippen LogP contribution in [0.2, 0.25) is 0 Å². The number of sulfonamides is 1. The monoisotopic (exact) mass is 716 g/mol. The molecular weight excluding hydrogens is 675 g/mol. The predicted octanol–water partition coefficient (Wildman–Crippen LogP) is 1.88. The quantitative estimate of drug-likeness (QED) is 0.0930. The Morgan fingerprint density at radius 1 is 0.980 bits per heavy atom. The number of benzene rings is 3. The SMILES string of the molecule is COC(=O)[C@H]1O[C@@H](Oc2ccc(C3[C@@H](CC[C@H](O)c4ccc(F)cc4)C(=O)N3c3ccc(CCCNS(C)(=O)=O)cc3)cc2)[C@H](O)[C@@H](O)[C@@H]1O. The van der Waals surface area contributed by atoms with Crippen LogP contribution in [0, 0.1) is 11.7 Å². The normalized spacial score (nSPS) is 25.9. The van der Waals surface area contributed by atoms with Crippen molar-refractivity contribution in [3.63, 3.8) is 0 Å². The predicted molar refractivity (Wildman–Crippen MR) is 178 cm³/mol. The van der Waals surface area contributed by atoms with Gasteiger partial charge in [-0.15, -0.1) is 0 Å². The number of aryl methyl sites for hydroxylation is 1. The number of nitrogens with one attached hydrogen (secondary N) is 1. The second-order valence-electron chi connectivity index (χ2n) is 12.4. The summed E-state index contributed by atoms with van der Waals surface area (Å²) in [6, 6.07) is 19.1. The zero-order chi connectivity index (χ0) is 36.2. The van der Waals surface area contributed by atoms with Crippen LogP contribution in [-0.4, -0.2) is 91.3 Å². The number of esters is 1. The number of anilines is 1. The van der Waals surface area contributed by atoms with E-state index in [4.69, 9.17) is 9.47 Å². The summed E-state index contributed by atoms with van der Waals surface area (Å²) in [5.41, 5.74) is 2.89. The van der Waals surface area contributed by atoms with Crippen LogP contribution in [0.4, 0.5) is 10.1 Å². The zero-order valence-electron chi connectivity index (χ0n) is 27.5. The summed E-state index contributed by atoms with van der Waals surface area (Å²) in [6.45, 7) is 0.304. The van der Waals surface area contributed by atoms with Gasteiger partial charge in [0.15, 0.2) is 6.10 Å². The molecule has 0 radical (unpaired) electrons. The summed E-state index contributed by atoms with van der Waals surface area (Å²) in [4.78, 5) is 27.4. The Morgan fingerprint density at radius 2 is 1.64 bits per heavy atom.